The van der Waals surface area contributed by atoms with Gasteiger partial charge in [0.15, 0.2) is 0 Å². The molecule has 2 aliphatic rings. The molecule has 1 aromatic heterocycles. The smallest absolute Gasteiger partial charge is 0.225 e. The zero-order valence-corrected chi connectivity index (χ0v) is 16.6. The number of rotatable bonds is 2. The number of likely N-dealkylation sites (tertiary alicyclic amines) is 1. The number of carbonyl (C=O) groups excluding carboxylic acids is 1. The minimum Gasteiger partial charge on any atom is -0.386 e. The Morgan fingerprint density at radius 1 is 1.07 bits per heavy atom. The molecule has 4 nitrogen and oxygen atoms in total. The molecule has 7 heteroatoms. The van der Waals surface area contributed by atoms with Gasteiger partial charge in [0.1, 0.15) is 17.5 Å². The van der Waals surface area contributed by atoms with E-state index in [4.69, 9.17) is 0 Å². The first-order valence-corrected chi connectivity index (χ1v) is 9.97. The van der Waals surface area contributed by atoms with E-state index in [1.807, 2.05) is 0 Å². The van der Waals surface area contributed by atoms with Crippen LogP contribution in [-0.4, -0.2) is 39.6 Å². The largest absolute Gasteiger partial charge is 0.386 e. The summed E-state index contributed by atoms with van der Waals surface area (Å²) in [7, 11) is 0. The maximum atomic E-state index is 13.5. The van der Waals surface area contributed by atoms with Crippen molar-refractivity contribution in [2.45, 2.75) is 31.8 Å². The van der Waals surface area contributed by atoms with Crippen LogP contribution in [0.5, 0.6) is 0 Å². The molecular formula is C23H23F3N2O2. The SMILES string of the molecule is CC1(O)CN(C(=O)C2CCC2)C1.Fc1ccc(-c2cc3cc(F)cc(F)c3[nH]2)cc1. The van der Waals surface area contributed by atoms with Crippen LogP contribution >= 0.6 is 0 Å². The van der Waals surface area contributed by atoms with E-state index in [9.17, 15) is 23.1 Å². The summed E-state index contributed by atoms with van der Waals surface area (Å²) >= 11 is 0. The lowest BCUT2D eigenvalue weighted by molar-refractivity contribution is -0.159. The van der Waals surface area contributed by atoms with Crippen molar-refractivity contribution >= 4 is 16.8 Å². The molecule has 158 valence electrons. The average molecular weight is 416 g/mol. The molecule has 2 N–H and O–H groups in total. The van der Waals surface area contributed by atoms with E-state index in [1.54, 1.807) is 30.0 Å². The molecule has 3 aromatic rings. The topological polar surface area (TPSA) is 56.3 Å². The van der Waals surface area contributed by atoms with Crippen molar-refractivity contribution in [2.24, 2.45) is 5.92 Å². The molecule has 0 atom stereocenters. The Kier molecular flexibility index (Phi) is 5.32. The van der Waals surface area contributed by atoms with Crippen LogP contribution in [0.4, 0.5) is 13.2 Å². The molecule has 0 radical (unpaired) electrons. The number of fused-ring (bicyclic) bond motifs is 1. The number of benzene rings is 2. The molecule has 2 aromatic carbocycles. The molecule has 0 spiro atoms. The molecule has 1 saturated carbocycles. The highest BCUT2D eigenvalue weighted by molar-refractivity contribution is 5.86. The van der Waals surface area contributed by atoms with Crippen LogP contribution in [-0.2, 0) is 4.79 Å². The number of halogens is 3. The standard InChI is InChI=1S/C14H8F3N.C9H15NO2/c15-10-3-1-8(2-4-10)13-6-9-5-11(16)7-12(17)14(9)18-13;1-9(12)5-10(6-9)8(11)7-3-2-4-7/h1-7,18H;7,12H,2-6H2,1H3. The lowest BCUT2D eigenvalue weighted by Gasteiger charge is -2.46. The van der Waals surface area contributed by atoms with Crippen LogP contribution in [0, 0.1) is 23.4 Å². The monoisotopic (exact) mass is 416 g/mol. The number of carbonyl (C=O) groups is 1. The summed E-state index contributed by atoms with van der Waals surface area (Å²) in [6, 6.07) is 9.50. The van der Waals surface area contributed by atoms with Crippen molar-refractivity contribution in [1.29, 1.82) is 0 Å². The summed E-state index contributed by atoms with van der Waals surface area (Å²) < 4.78 is 39.4. The second kappa shape index (κ2) is 7.80. The number of β-amino-alcohol motifs (C(OH)–C–C–N with tert-alkyl or cyclic N) is 1. The minimum atomic E-state index is -0.640. The molecule has 30 heavy (non-hydrogen) atoms. The first-order valence-electron chi connectivity index (χ1n) is 9.97. The Balaban J connectivity index is 0.000000158. The molecule has 1 aliphatic carbocycles. The summed E-state index contributed by atoms with van der Waals surface area (Å²) in [5.74, 6) is -1.07. The molecule has 1 aliphatic heterocycles. The van der Waals surface area contributed by atoms with Crippen LogP contribution in [0.1, 0.15) is 26.2 Å². The Morgan fingerprint density at radius 2 is 1.73 bits per heavy atom. The van der Waals surface area contributed by atoms with Crippen LogP contribution < -0.4 is 0 Å². The lowest BCUT2D eigenvalue weighted by Crippen LogP contribution is -2.63. The fraction of sp³-hybridized carbons (Fsp3) is 0.348. The van der Waals surface area contributed by atoms with Gasteiger partial charge in [0.2, 0.25) is 5.91 Å². The number of aromatic amines is 1. The average Bonchev–Trinajstić information content (AvgIpc) is 3.03. The van der Waals surface area contributed by atoms with E-state index in [-0.39, 0.29) is 23.2 Å². The Labute approximate surface area is 172 Å². The number of hydrogen-bond acceptors (Lipinski definition) is 2. The third kappa shape index (κ3) is 4.21. The highest BCUT2D eigenvalue weighted by Gasteiger charge is 2.42. The van der Waals surface area contributed by atoms with Crippen molar-refractivity contribution in [3.63, 3.8) is 0 Å². The number of aliphatic hydroxyl groups is 1. The summed E-state index contributed by atoms with van der Waals surface area (Å²) in [5.41, 5.74) is 0.969. The predicted molar refractivity (Wildman–Crippen MR) is 108 cm³/mol. The summed E-state index contributed by atoms with van der Waals surface area (Å²) in [6.45, 7) is 2.84. The van der Waals surface area contributed by atoms with E-state index >= 15 is 0 Å². The van der Waals surface area contributed by atoms with E-state index in [0.29, 0.717) is 29.7 Å². The number of nitrogens with one attached hydrogen (secondary N) is 1. The lowest BCUT2D eigenvalue weighted by atomic mass is 9.82. The molecule has 1 amide bonds. The Morgan fingerprint density at radius 3 is 2.30 bits per heavy atom. The first kappa shape index (κ1) is 20.5. The Bertz CT molecular complexity index is 1060. The molecule has 5 rings (SSSR count). The van der Waals surface area contributed by atoms with Gasteiger partial charge in [0.05, 0.1) is 24.2 Å². The highest BCUT2D eigenvalue weighted by Crippen LogP contribution is 2.31. The fourth-order valence-electron chi connectivity index (χ4n) is 3.80. The molecule has 0 unspecified atom stereocenters. The third-order valence-corrected chi connectivity index (χ3v) is 5.63. The number of aromatic nitrogens is 1. The molecule has 2 heterocycles. The highest BCUT2D eigenvalue weighted by atomic mass is 19.1. The summed E-state index contributed by atoms with van der Waals surface area (Å²) in [6.07, 6.45) is 3.30. The van der Waals surface area contributed by atoms with Crippen molar-refractivity contribution in [3.05, 3.63) is 59.9 Å². The summed E-state index contributed by atoms with van der Waals surface area (Å²) in [4.78, 5) is 16.1. The van der Waals surface area contributed by atoms with E-state index < -0.39 is 17.2 Å². The Hall–Kier alpha value is -2.80. The number of nitrogens with zero attached hydrogens (tertiary/aromatic N) is 1. The van der Waals surface area contributed by atoms with Gasteiger partial charge < -0.3 is 15.0 Å². The van der Waals surface area contributed by atoms with Crippen molar-refractivity contribution in [3.8, 4) is 11.3 Å². The van der Waals surface area contributed by atoms with Gasteiger partial charge in [-0.1, -0.05) is 6.42 Å². The first-order chi connectivity index (χ1) is 14.2. The third-order valence-electron chi connectivity index (χ3n) is 5.63. The van der Waals surface area contributed by atoms with Gasteiger partial charge in [0, 0.05) is 23.1 Å². The minimum absolute atomic E-state index is 0.246. The van der Waals surface area contributed by atoms with Crippen molar-refractivity contribution in [1.82, 2.24) is 9.88 Å². The van der Waals surface area contributed by atoms with Crippen LogP contribution in [0.25, 0.3) is 22.2 Å². The van der Waals surface area contributed by atoms with Gasteiger partial charge in [-0.2, -0.15) is 0 Å². The zero-order chi connectivity index (χ0) is 21.5. The van der Waals surface area contributed by atoms with E-state index in [0.717, 1.165) is 18.9 Å². The van der Waals surface area contributed by atoms with Crippen LogP contribution in [0.2, 0.25) is 0 Å². The van der Waals surface area contributed by atoms with Crippen LogP contribution in [0.3, 0.4) is 0 Å². The normalized spacial score (nSPS) is 17.7. The van der Waals surface area contributed by atoms with E-state index in [1.165, 1.54) is 24.6 Å². The molecule has 2 fully saturated rings. The maximum absolute atomic E-state index is 13.5. The van der Waals surface area contributed by atoms with Crippen LogP contribution in [0.15, 0.2) is 42.5 Å². The van der Waals surface area contributed by atoms with E-state index in [2.05, 4.69) is 4.98 Å². The maximum Gasteiger partial charge on any atom is 0.225 e. The number of hydrogen-bond donors (Lipinski definition) is 2. The zero-order valence-electron chi connectivity index (χ0n) is 16.6. The quantitative estimate of drug-likeness (QED) is 0.640. The van der Waals surface area contributed by atoms with Gasteiger partial charge in [-0.15, -0.1) is 0 Å². The molecular weight excluding hydrogens is 393 g/mol. The van der Waals surface area contributed by atoms with Crippen molar-refractivity contribution < 1.29 is 23.1 Å². The summed E-state index contributed by atoms with van der Waals surface area (Å²) in [5, 5.41) is 9.86. The predicted octanol–water partition coefficient (Wildman–Crippen LogP) is 4.63. The van der Waals surface area contributed by atoms with Gasteiger partial charge >= 0.3 is 0 Å². The van der Waals surface area contributed by atoms with Gasteiger partial charge in [0.25, 0.3) is 0 Å². The number of H-pyrrole nitrogens is 1. The van der Waals surface area contributed by atoms with Gasteiger partial charge in [-0.3, -0.25) is 4.79 Å². The van der Waals surface area contributed by atoms with Gasteiger partial charge in [-0.25, -0.2) is 13.2 Å². The number of amides is 1. The molecule has 0 bridgehead atoms. The molecule has 1 saturated heterocycles. The second-order valence-electron chi connectivity index (χ2n) is 8.36. The van der Waals surface area contributed by atoms with Crippen molar-refractivity contribution in [2.75, 3.05) is 13.1 Å². The fourth-order valence-corrected chi connectivity index (χ4v) is 3.80. The van der Waals surface area contributed by atoms with Gasteiger partial charge in [-0.05, 0) is 61.7 Å². The second-order valence-corrected chi connectivity index (χ2v) is 8.36.